The lowest BCUT2D eigenvalue weighted by Crippen LogP contribution is -2.23. The van der Waals surface area contributed by atoms with E-state index in [0.29, 0.717) is 6.54 Å². The summed E-state index contributed by atoms with van der Waals surface area (Å²) in [5.41, 5.74) is 1.05. The molecule has 0 aromatic carbocycles. The summed E-state index contributed by atoms with van der Waals surface area (Å²) in [6.07, 6.45) is 5.81. The molecule has 0 saturated carbocycles. The van der Waals surface area contributed by atoms with Crippen molar-refractivity contribution in [3.8, 4) is 0 Å². The molecule has 0 aliphatic heterocycles. The van der Waals surface area contributed by atoms with Gasteiger partial charge < -0.3 is 10.4 Å². The van der Waals surface area contributed by atoms with Crippen molar-refractivity contribution in [2.24, 2.45) is 0 Å². The van der Waals surface area contributed by atoms with Crippen LogP contribution < -0.4 is 5.32 Å². The van der Waals surface area contributed by atoms with Gasteiger partial charge in [-0.15, -0.1) is 0 Å². The van der Waals surface area contributed by atoms with Gasteiger partial charge in [-0.25, -0.2) is 4.79 Å². The number of aromatic carboxylic acids is 1. The van der Waals surface area contributed by atoms with E-state index in [1.807, 2.05) is 6.07 Å². The minimum absolute atomic E-state index is 0.0194. The Labute approximate surface area is 109 Å². The normalized spacial score (nSPS) is 9.89. The average Bonchev–Trinajstić information content (AvgIpc) is 2.46. The molecule has 19 heavy (non-hydrogen) atoms. The van der Waals surface area contributed by atoms with Gasteiger partial charge in [0, 0.05) is 31.3 Å². The monoisotopic (exact) mass is 257 g/mol. The van der Waals surface area contributed by atoms with Gasteiger partial charge in [0.15, 0.2) is 0 Å². The van der Waals surface area contributed by atoms with Crippen LogP contribution in [0.1, 0.15) is 26.3 Å². The minimum atomic E-state index is -1.12. The van der Waals surface area contributed by atoms with Crippen molar-refractivity contribution in [3.63, 3.8) is 0 Å². The second kappa shape index (κ2) is 5.72. The molecule has 2 aromatic heterocycles. The molecule has 6 nitrogen and oxygen atoms in total. The zero-order valence-corrected chi connectivity index (χ0v) is 9.91. The molecule has 96 valence electrons. The second-order valence-electron chi connectivity index (χ2n) is 3.81. The van der Waals surface area contributed by atoms with Gasteiger partial charge in [-0.1, -0.05) is 6.07 Å². The largest absolute Gasteiger partial charge is 0.478 e. The number of carbonyl (C=O) groups excluding carboxylic acids is 1. The Morgan fingerprint density at radius 2 is 1.95 bits per heavy atom. The molecule has 2 heterocycles. The molecule has 0 bridgehead atoms. The molecule has 0 atom stereocenters. The summed E-state index contributed by atoms with van der Waals surface area (Å²) in [5, 5.41) is 11.5. The van der Waals surface area contributed by atoms with E-state index in [4.69, 9.17) is 5.11 Å². The molecule has 2 aromatic rings. The van der Waals surface area contributed by atoms with Gasteiger partial charge in [-0.3, -0.25) is 14.8 Å². The first-order chi connectivity index (χ1) is 9.16. The summed E-state index contributed by atoms with van der Waals surface area (Å²) < 4.78 is 0. The van der Waals surface area contributed by atoms with E-state index < -0.39 is 5.97 Å². The number of carbonyl (C=O) groups is 2. The summed E-state index contributed by atoms with van der Waals surface area (Å²) in [6, 6.07) is 4.89. The molecule has 0 aliphatic rings. The maximum Gasteiger partial charge on any atom is 0.337 e. The highest BCUT2D eigenvalue weighted by atomic mass is 16.4. The summed E-state index contributed by atoms with van der Waals surface area (Å²) >= 11 is 0. The Morgan fingerprint density at radius 3 is 2.63 bits per heavy atom. The van der Waals surface area contributed by atoms with Crippen molar-refractivity contribution in [1.29, 1.82) is 0 Å². The molecule has 6 heteroatoms. The number of aromatic nitrogens is 2. The molecule has 0 spiro atoms. The number of amides is 1. The van der Waals surface area contributed by atoms with Gasteiger partial charge in [0.25, 0.3) is 5.91 Å². The van der Waals surface area contributed by atoms with Crippen LogP contribution >= 0.6 is 0 Å². The van der Waals surface area contributed by atoms with Crippen molar-refractivity contribution in [2.45, 2.75) is 6.54 Å². The van der Waals surface area contributed by atoms with Crippen LogP contribution in [0.25, 0.3) is 0 Å². The van der Waals surface area contributed by atoms with E-state index in [1.165, 1.54) is 18.5 Å². The van der Waals surface area contributed by atoms with Crippen molar-refractivity contribution >= 4 is 11.9 Å². The van der Waals surface area contributed by atoms with Crippen LogP contribution in [0.4, 0.5) is 0 Å². The number of carboxylic acid groups (broad SMARTS) is 1. The van der Waals surface area contributed by atoms with Crippen LogP contribution in [0.2, 0.25) is 0 Å². The molecular weight excluding hydrogens is 246 g/mol. The van der Waals surface area contributed by atoms with Crippen LogP contribution in [-0.4, -0.2) is 27.0 Å². The fourth-order valence-corrected chi connectivity index (χ4v) is 1.47. The average molecular weight is 257 g/mol. The molecule has 2 rings (SSSR count). The Morgan fingerprint density at radius 1 is 1.16 bits per heavy atom. The van der Waals surface area contributed by atoms with E-state index in [1.54, 1.807) is 18.5 Å². The van der Waals surface area contributed by atoms with Gasteiger partial charge in [-0.05, 0) is 17.7 Å². The third-order valence-electron chi connectivity index (χ3n) is 2.42. The van der Waals surface area contributed by atoms with Crippen molar-refractivity contribution in [1.82, 2.24) is 15.3 Å². The van der Waals surface area contributed by atoms with Crippen LogP contribution in [0.5, 0.6) is 0 Å². The fraction of sp³-hybridized carbons (Fsp3) is 0.0769. The number of hydrogen-bond acceptors (Lipinski definition) is 4. The Balaban J connectivity index is 2.04. The van der Waals surface area contributed by atoms with Gasteiger partial charge in [0.2, 0.25) is 0 Å². The zero-order valence-electron chi connectivity index (χ0n) is 9.91. The highest BCUT2D eigenvalue weighted by molar-refractivity contribution is 5.96. The maximum atomic E-state index is 11.8. The summed E-state index contributed by atoms with van der Waals surface area (Å²) in [4.78, 5) is 30.3. The topological polar surface area (TPSA) is 92.2 Å². The molecule has 0 radical (unpaired) electrons. The quantitative estimate of drug-likeness (QED) is 0.855. The first-order valence-electron chi connectivity index (χ1n) is 5.52. The van der Waals surface area contributed by atoms with E-state index in [0.717, 1.165) is 5.56 Å². The summed E-state index contributed by atoms with van der Waals surface area (Å²) in [7, 11) is 0. The molecule has 0 saturated heterocycles. The third kappa shape index (κ3) is 3.35. The van der Waals surface area contributed by atoms with E-state index in [9.17, 15) is 9.59 Å². The third-order valence-corrected chi connectivity index (χ3v) is 2.42. The van der Waals surface area contributed by atoms with Crippen LogP contribution in [0.15, 0.2) is 43.0 Å². The fourth-order valence-electron chi connectivity index (χ4n) is 1.47. The van der Waals surface area contributed by atoms with Gasteiger partial charge >= 0.3 is 5.97 Å². The van der Waals surface area contributed by atoms with Gasteiger partial charge in [-0.2, -0.15) is 0 Å². The summed E-state index contributed by atoms with van der Waals surface area (Å²) in [5.74, 6) is -1.49. The predicted molar refractivity (Wildman–Crippen MR) is 66.6 cm³/mol. The van der Waals surface area contributed by atoms with E-state index in [-0.39, 0.29) is 17.0 Å². The lowest BCUT2D eigenvalue weighted by atomic mass is 10.2. The minimum Gasteiger partial charge on any atom is -0.478 e. The number of pyridine rings is 2. The molecule has 0 fully saturated rings. The predicted octanol–water partition coefficient (Wildman–Crippen LogP) is 1.10. The number of carboxylic acids is 1. The number of hydrogen-bond donors (Lipinski definition) is 2. The van der Waals surface area contributed by atoms with Crippen molar-refractivity contribution in [3.05, 3.63) is 59.7 Å². The standard InChI is InChI=1S/C13H11N3O3/c17-12(16-6-9-2-1-3-14-5-9)10-4-11(13(18)19)8-15-7-10/h1-5,7-8H,6H2,(H,16,17)(H,18,19). The smallest absolute Gasteiger partial charge is 0.337 e. The maximum absolute atomic E-state index is 11.8. The lowest BCUT2D eigenvalue weighted by molar-refractivity contribution is 0.0696. The molecular formula is C13H11N3O3. The Hall–Kier alpha value is -2.76. The molecule has 0 aliphatic carbocycles. The SMILES string of the molecule is O=C(O)c1cncc(C(=O)NCc2cccnc2)c1. The van der Waals surface area contributed by atoms with Crippen molar-refractivity contribution < 1.29 is 14.7 Å². The second-order valence-corrected chi connectivity index (χ2v) is 3.81. The first-order valence-corrected chi connectivity index (χ1v) is 5.52. The number of nitrogens with one attached hydrogen (secondary N) is 1. The molecule has 2 N–H and O–H groups in total. The Bertz CT molecular complexity index is 599. The zero-order chi connectivity index (χ0) is 13.7. The lowest BCUT2D eigenvalue weighted by Gasteiger charge is -2.05. The van der Waals surface area contributed by atoms with E-state index >= 15 is 0 Å². The number of nitrogens with zero attached hydrogens (tertiary/aromatic N) is 2. The first kappa shape index (κ1) is 12.7. The van der Waals surface area contributed by atoms with E-state index in [2.05, 4.69) is 15.3 Å². The Kier molecular flexibility index (Phi) is 3.82. The number of rotatable bonds is 4. The molecule has 1 amide bonds. The van der Waals surface area contributed by atoms with Gasteiger partial charge in [0.05, 0.1) is 11.1 Å². The van der Waals surface area contributed by atoms with Crippen LogP contribution in [-0.2, 0) is 6.54 Å². The van der Waals surface area contributed by atoms with Crippen LogP contribution in [0, 0.1) is 0 Å². The van der Waals surface area contributed by atoms with Gasteiger partial charge in [0.1, 0.15) is 0 Å². The highest BCUT2D eigenvalue weighted by Crippen LogP contribution is 2.03. The summed E-state index contributed by atoms with van der Waals surface area (Å²) in [6.45, 7) is 0.323. The molecule has 0 unspecified atom stereocenters. The van der Waals surface area contributed by atoms with Crippen molar-refractivity contribution in [2.75, 3.05) is 0 Å². The van der Waals surface area contributed by atoms with Crippen LogP contribution in [0.3, 0.4) is 0 Å². The highest BCUT2D eigenvalue weighted by Gasteiger charge is 2.09.